The molecule has 5 heteroatoms. The number of carbonyl (C=O) groups excluding carboxylic acids is 1. The average Bonchev–Trinajstić information content (AvgIpc) is 2.41. The van der Waals surface area contributed by atoms with E-state index in [-0.39, 0.29) is 17.6 Å². The second-order valence-electron chi connectivity index (χ2n) is 4.51. The maximum atomic E-state index is 13.3. The monoisotopic (exact) mass is 314 g/mol. The van der Waals surface area contributed by atoms with Gasteiger partial charge in [0.25, 0.3) is 0 Å². The van der Waals surface area contributed by atoms with E-state index in [1.165, 1.54) is 6.07 Å². The maximum Gasteiger partial charge on any atom is 0.224 e. The topological polar surface area (TPSA) is 41.1 Å². The highest BCUT2D eigenvalue weighted by Gasteiger charge is 2.20. The van der Waals surface area contributed by atoms with Crippen molar-refractivity contribution in [3.63, 3.8) is 0 Å². The van der Waals surface area contributed by atoms with E-state index in [4.69, 9.17) is 0 Å². The number of hydrogen-bond acceptors (Lipinski definition) is 2. The van der Waals surface area contributed by atoms with Crippen LogP contribution in [0.2, 0.25) is 0 Å². The van der Waals surface area contributed by atoms with Crippen LogP contribution >= 0.6 is 15.9 Å². The third kappa shape index (κ3) is 3.53. The Labute approximate surface area is 114 Å². The van der Waals surface area contributed by atoms with Crippen LogP contribution in [0.25, 0.3) is 0 Å². The average molecular weight is 315 g/mol. The van der Waals surface area contributed by atoms with E-state index in [9.17, 15) is 9.18 Å². The van der Waals surface area contributed by atoms with Crippen molar-refractivity contribution in [2.24, 2.45) is 5.92 Å². The first-order chi connectivity index (χ1) is 8.66. The van der Waals surface area contributed by atoms with Gasteiger partial charge in [-0.3, -0.25) is 4.79 Å². The van der Waals surface area contributed by atoms with Crippen molar-refractivity contribution in [1.29, 1.82) is 0 Å². The molecular weight excluding hydrogens is 299 g/mol. The lowest BCUT2D eigenvalue weighted by molar-refractivity contribution is -0.125. The minimum Gasteiger partial charge on any atom is -0.352 e. The fraction of sp³-hybridized carbons (Fsp3) is 0.462. The van der Waals surface area contributed by atoms with Crippen molar-refractivity contribution >= 4 is 21.8 Å². The van der Waals surface area contributed by atoms with Crippen LogP contribution in [-0.2, 0) is 11.3 Å². The first-order valence-electron chi connectivity index (χ1n) is 6.09. The summed E-state index contributed by atoms with van der Waals surface area (Å²) in [5.74, 6) is -0.217. The molecule has 0 aromatic heterocycles. The Kier molecular flexibility index (Phi) is 4.72. The van der Waals surface area contributed by atoms with Crippen LogP contribution in [0, 0.1) is 11.7 Å². The van der Waals surface area contributed by atoms with Crippen LogP contribution in [0.5, 0.6) is 0 Å². The highest BCUT2D eigenvalue weighted by Crippen LogP contribution is 2.16. The van der Waals surface area contributed by atoms with Crippen molar-refractivity contribution in [1.82, 2.24) is 10.6 Å². The Bertz CT molecular complexity index is 433. The second kappa shape index (κ2) is 6.29. The Morgan fingerprint density at radius 1 is 1.56 bits per heavy atom. The molecule has 1 aliphatic rings. The van der Waals surface area contributed by atoms with E-state index >= 15 is 0 Å². The van der Waals surface area contributed by atoms with E-state index in [0.717, 1.165) is 31.5 Å². The van der Waals surface area contributed by atoms with Crippen LogP contribution in [0.15, 0.2) is 22.7 Å². The molecule has 1 aliphatic heterocycles. The number of carbonyl (C=O) groups is 1. The van der Waals surface area contributed by atoms with Gasteiger partial charge < -0.3 is 10.6 Å². The van der Waals surface area contributed by atoms with Crippen molar-refractivity contribution in [3.05, 3.63) is 34.1 Å². The van der Waals surface area contributed by atoms with Gasteiger partial charge in [0.2, 0.25) is 5.91 Å². The molecule has 1 unspecified atom stereocenters. The van der Waals surface area contributed by atoms with E-state index < -0.39 is 0 Å². The number of hydrogen-bond donors (Lipinski definition) is 2. The molecule has 0 radical (unpaired) electrons. The number of benzene rings is 1. The Morgan fingerprint density at radius 3 is 3.06 bits per heavy atom. The first-order valence-corrected chi connectivity index (χ1v) is 6.88. The quantitative estimate of drug-likeness (QED) is 0.898. The van der Waals surface area contributed by atoms with Gasteiger partial charge in [-0.15, -0.1) is 0 Å². The summed E-state index contributed by atoms with van der Waals surface area (Å²) in [6.07, 6.45) is 1.96. The number of piperidine rings is 1. The van der Waals surface area contributed by atoms with Gasteiger partial charge >= 0.3 is 0 Å². The molecule has 0 spiro atoms. The number of rotatable bonds is 3. The Morgan fingerprint density at radius 2 is 2.39 bits per heavy atom. The fourth-order valence-corrected chi connectivity index (χ4v) is 2.31. The van der Waals surface area contributed by atoms with Gasteiger partial charge in [0.15, 0.2) is 0 Å². The molecule has 1 aromatic carbocycles. The molecular formula is C13H16BrFN2O. The van der Waals surface area contributed by atoms with Crippen molar-refractivity contribution in [2.75, 3.05) is 13.1 Å². The zero-order valence-electron chi connectivity index (χ0n) is 10.0. The minimum absolute atomic E-state index is 0.0408. The molecule has 2 rings (SSSR count). The predicted molar refractivity (Wildman–Crippen MR) is 71.5 cm³/mol. The summed E-state index contributed by atoms with van der Waals surface area (Å²) in [7, 11) is 0. The van der Waals surface area contributed by atoms with E-state index in [0.29, 0.717) is 11.0 Å². The van der Waals surface area contributed by atoms with Crippen LogP contribution in [0.1, 0.15) is 18.4 Å². The fourth-order valence-electron chi connectivity index (χ4n) is 2.06. The molecule has 3 nitrogen and oxygen atoms in total. The largest absolute Gasteiger partial charge is 0.352 e. The van der Waals surface area contributed by atoms with Gasteiger partial charge in [0.1, 0.15) is 5.82 Å². The number of amides is 1. The molecule has 0 bridgehead atoms. The smallest absolute Gasteiger partial charge is 0.224 e. The van der Waals surface area contributed by atoms with Gasteiger partial charge in [-0.2, -0.15) is 0 Å². The zero-order chi connectivity index (χ0) is 13.0. The lowest BCUT2D eigenvalue weighted by Gasteiger charge is -2.21. The molecule has 1 aromatic rings. The first kappa shape index (κ1) is 13.5. The van der Waals surface area contributed by atoms with E-state index in [1.807, 2.05) is 0 Å². The molecule has 1 fully saturated rings. The third-order valence-corrected chi connectivity index (χ3v) is 3.76. The summed E-state index contributed by atoms with van der Waals surface area (Å²) in [6.45, 7) is 2.10. The SMILES string of the molecule is O=C(NCc1ccc(Br)c(F)c1)C1CCCNC1. The molecule has 0 aliphatic carbocycles. The van der Waals surface area contributed by atoms with Crippen LogP contribution in [0.4, 0.5) is 4.39 Å². The Balaban J connectivity index is 1.86. The van der Waals surface area contributed by atoms with Crippen molar-refractivity contribution < 1.29 is 9.18 Å². The van der Waals surface area contributed by atoms with Gasteiger partial charge in [-0.1, -0.05) is 6.07 Å². The third-order valence-electron chi connectivity index (χ3n) is 3.12. The zero-order valence-corrected chi connectivity index (χ0v) is 11.6. The van der Waals surface area contributed by atoms with E-state index in [2.05, 4.69) is 26.6 Å². The molecule has 18 heavy (non-hydrogen) atoms. The molecule has 1 atom stereocenters. The summed E-state index contributed by atoms with van der Waals surface area (Å²) in [5, 5.41) is 6.06. The summed E-state index contributed by atoms with van der Waals surface area (Å²) in [4.78, 5) is 11.9. The number of nitrogens with one attached hydrogen (secondary N) is 2. The highest BCUT2D eigenvalue weighted by atomic mass is 79.9. The molecule has 1 saturated heterocycles. The van der Waals surface area contributed by atoms with Gasteiger partial charge in [-0.25, -0.2) is 4.39 Å². The summed E-state index contributed by atoms with van der Waals surface area (Å²) in [5.41, 5.74) is 0.771. The number of halogens is 2. The lowest BCUT2D eigenvalue weighted by atomic mass is 9.99. The van der Waals surface area contributed by atoms with E-state index in [1.54, 1.807) is 12.1 Å². The molecule has 1 heterocycles. The van der Waals surface area contributed by atoms with Crippen LogP contribution in [-0.4, -0.2) is 19.0 Å². The molecule has 98 valence electrons. The summed E-state index contributed by atoms with van der Waals surface area (Å²) < 4.78 is 13.7. The molecule has 0 saturated carbocycles. The normalized spacial score (nSPS) is 19.6. The Hall–Kier alpha value is -0.940. The standard InChI is InChI=1S/C13H16BrFN2O/c14-11-4-3-9(6-12(11)15)7-17-13(18)10-2-1-5-16-8-10/h3-4,6,10,16H,1-2,5,7-8H2,(H,17,18). The molecule has 1 amide bonds. The van der Waals surface area contributed by atoms with Crippen LogP contribution in [0.3, 0.4) is 0 Å². The van der Waals surface area contributed by atoms with Crippen molar-refractivity contribution in [3.8, 4) is 0 Å². The predicted octanol–water partition coefficient (Wildman–Crippen LogP) is 2.20. The maximum absolute atomic E-state index is 13.3. The summed E-state index contributed by atoms with van der Waals surface area (Å²) >= 11 is 3.10. The van der Waals surface area contributed by atoms with Crippen molar-refractivity contribution in [2.45, 2.75) is 19.4 Å². The summed E-state index contributed by atoms with van der Waals surface area (Å²) in [6, 6.07) is 4.88. The highest BCUT2D eigenvalue weighted by molar-refractivity contribution is 9.10. The molecule has 2 N–H and O–H groups in total. The van der Waals surface area contributed by atoms with Gasteiger partial charge in [0, 0.05) is 13.1 Å². The van der Waals surface area contributed by atoms with Gasteiger partial charge in [-0.05, 0) is 53.0 Å². The lowest BCUT2D eigenvalue weighted by Crippen LogP contribution is -2.40. The minimum atomic E-state index is -0.305. The van der Waals surface area contributed by atoms with Crippen LogP contribution < -0.4 is 10.6 Å². The second-order valence-corrected chi connectivity index (χ2v) is 5.36. The van der Waals surface area contributed by atoms with Gasteiger partial charge in [0.05, 0.1) is 10.4 Å².